The zero-order valence-corrected chi connectivity index (χ0v) is 18.5. The highest BCUT2D eigenvalue weighted by atomic mass is 16.6. The van der Waals surface area contributed by atoms with E-state index in [1.54, 1.807) is 14.2 Å². The van der Waals surface area contributed by atoms with Crippen molar-refractivity contribution in [1.29, 1.82) is 0 Å². The summed E-state index contributed by atoms with van der Waals surface area (Å²) in [6, 6.07) is 8.33. The molecule has 0 aliphatic carbocycles. The summed E-state index contributed by atoms with van der Waals surface area (Å²) < 4.78 is 10.5. The van der Waals surface area contributed by atoms with Crippen molar-refractivity contribution in [3.63, 3.8) is 0 Å². The molecule has 0 saturated carbocycles. The summed E-state index contributed by atoms with van der Waals surface area (Å²) in [5.41, 5.74) is 0.844. The molecule has 1 aliphatic rings. The number of carbonyl (C=O) groups is 1. The van der Waals surface area contributed by atoms with E-state index >= 15 is 0 Å². The molecule has 0 spiro atoms. The first-order chi connectivity index (χ1) is 13.8. The van der Waals surface area contributed by atoms with E-state index in [0.717, 1.165) is 57.0 Å². The molecule has 0 unspecified atom stereocenters. The third kappa shape index (κ3) is 8.21. The van der Waals surface area contributed by atoms with Crippen LogP contribution in [0.3, 0.4) is 0 Å². The van der Waals surface area contributed by atoms with E-state index in [0.29, 0.717) is 0 Å². The van der Waals surface area contributed by atoms with Crippen molar-refractivity contribution in [2.45, 2.75) is 58.1 Å². The second kappa shape index (κ2) is 10.9. The summed E-state index contributed by atoms with van der Waals surface area (Å²) in [5.74, 6) is 1.78. The van der Waals surface area contributed by atoms with Crippen LogP contribution in [0.25, 0.3) is 0 Å². The topological polar surface area (TPSA) is 75.2 Å². The third-order valence-corrected chi connectivity index (χ3v) is 4.75. The number of benzene rings is 1. The maximum Gasteiger partial charge on any atom is 0.407 e. The van der Waals surface area contributed by atoms with Gasteiger partial charge in [-0.2, -0.15) is 0 Å². The van der Waals surface area contributed by atoms with Crippen LogP contribution in [-0.2, 0) is 11.2 Å². The molecule has 29 heavy (non-hydrogen) atoms. The molecular formula is C22H36N4O3. The van der Waals surface area contributed by atoms with Crippen LogP contribution < -0.4 is 15.4 Å². The number of methoxy groups -OCH3 is 1. The molecule has 0 bridgehead atoms. The van der Waals surface area contributed by atoms with Crippen molar-refractivity contribution in [3.8, 4) is 5.75 Å². The smallest absolute Gasteiger partial charge is 0.407 e. The van der Waals surface area contributed by atoms with Crippen LogP contribution >= 0.6 is 0 Å². The molecule has 1 amide bonds. The number of unbranched alkanes of at least 4 members (excludes halogenated alkanes) is 1. The lowest BCUT2D eigenvalue weighted by Gasteiger charge is -2.23. The van der Waals surface area contributed by atoms with E-state index in [4.69, 9.17) is 9.47 Å². The van der Waals surface area contributed by atoms with Gasteiger partial charge >= 0.3 is 6.09 Å². The lowest BCUT2D eigenvalue weighted by molar-refractivity contribution is 0.0507. The summed E-state index contributed by atoms with van der Waals surface area (Å²) >= 11 is 0. The number of hydrogen-bond acceptors (Lipinski definition) is 4. The predicted octanol–water partition coefficient (Wildman–Crippen LogP) is 3.19. The van der Waals surface area contributed by atoms with Gasteiger partial charge in [-0.1, -0.05) is 12.1 Å². The number of likely N-dealkylation sites (tertiary alicyclic amines) is 1. The molecule has 1 aromatic rings. The number of nitrogens with zero attached hydrogens (tertiary/aromatic N) is 2. The number of nitrogens with one attached hydrogen (secondary N) is 2. The lowest BCUT2D eigenvalue weighted by atomic mass is 10.1. The Morgan fingerprint density at radius 1 is 1.24 bits per heavy atom. The number of hydrogen-bond donors (Lipinski definition) is 2. The fourth-order valence-electron chi connectivity index (χ4n) is 3.32. The summed E-state index contributed by atoms with van der Waals surface area (Å²) in [6.07, 6.45) is 3.76. The summed E-state index contributed by atoms with van der Waals surface area (Å²) in [7, 11) is 3.48. The number of ether oxygens (including phenoxy) is 2. The molecule has 1 aromatic carbocycles. The number of aliphatic imine (C=N–C) groups is 1. The minimum Gasteiger partial charge on any atom is -0.497 e. The number of rotatable bonds is 7. The third-order valence-electron chi connectivity index (χ3n) is 4.75. The number of guanidine groups is 1. The molecule has 2 N–H and O–H groups in total. The minimum absolute atomic E-state index is 0.0819. The van der Waals surface area contributed by atoms with Gasteiger partial charge in [0, 0.05) is 26.7 Å². The molecule has 7 nitrogen and oxygen atoms in total. The highest BCUT2D eigenvalue weighted by Crippen LogP contribution is 2.14. The van der Waals surface area contributed by atoms with Gasteiger partial charge in [0.1, 0.15) is 11.4 Å². The molecule has 1 atom stereocenters. The first-order valence-corrected chi connectivity index (χ1v) is 10.4. The van der Waals surface area contributed by atoms with Gasteiger partial charge in [-0.15, -0.1) is 0 Å². The zero-order chi connectivity index (χ0) is 21.3. The normalized spacial score (nSPS) is 17.2. The zero-order valence-electron chi connectivity index (χ0n) is 18.5. The van der Waals surface area contributed by atoms with Gasteiger partial charge in [-0.3, -0.25) is 4.99 Å². The van der Waals surface area contributed by atoms with Crippen LogP contribution in [0.15, 0.2) is 29.3 Å². The van der Waals surface area contributed by atoms with Gasteiger partial charge < -0.3 is 25.0 Å². The lowest BCUT2D eigenvalue weighted by Crippen LogP contribution is -2.44. The van der Waals surface area contributed by atoms with Crippen LogP contribution in [0, 0.1) is 0 Å². The SMILES string of the molecule is CN=C(NCCCCc1ccc(OC)cc1)N1CC[C@@H](NC(=O)OC(C)(C)C)C1. The Bertz CT molecular complexity index is 668. The highest BCUT2D eigenvalue weighted by molar-refractivity contribution is 5.80. The van der Waals surface area contributed by atoms with Crippen molar-refractivity contribution in [1.82, 2.24) is 15.5 Å². The van der Waals surface area contributed by atoms with E-state index in [-0.39, 0.29) is 12.1 Å². The standard InChI is InChI=1S/C22H36N4O3/c1-22(2,3)29-21(27)25-18-13-15-26(16-18)20(23-4)24-14-7-6-8-17-9-11-19(28-5)12-10-17/h9-12,18H,6-8,13-16H2,1-5H3,(H,23,24)(H,25,27)/t18-/m1/s1. The van der Waals surface area contributed by atoms with Crippen LogP contribution in [0.1, 0.15) is 45.6 Å². The van der Waals surface area contributed by atoms with E-state index < -0.39 is 5.60 Å². The van der Waals surface area contributed by atoms with Crippen molar-refractivity contribution in [3.05, 3.63) is 29.8 Å². The Labute approximate surface area is 174 Å². The van der Waals surface area contributed by atoms with Crippen molar-refractivity contribution < 1.29 is 14.3 Å². The van der Waals surface area contributed by atoms with Gasteiger partial charge in [0.25, 0.3) is 0 Å². The van der Waals surface area contributed by atoms with Gasteiger partial charge in [0.05, 0.1) is 13.2 Å². The molecule has 0 aromatic heterocycles. The molecular weight excluding hydrogens is 368 g/mol. The van der Waals surface area contributed by atoms with Crippen molar-refractivity contribution in [2.24, 2.45) is 4.99 Å². The largest absolute Gasteiger partial charge is 0.497 e. The van der Waals surface area contributed by atoms with Crippen LogP contribution in [0.2, 0.25) is 0 Å². The molecule has 162 valence electrons. The number of carbonyl (C=O) groups excluding carboxylic acids is 1. The van der Waals surface area contributed by atoms with Crippen molar-refractivity contribution in [2.75, 3.05) is 33.8 Å². The Morgan fingerprint density at radius 3 is 2.59 bits per heavy atom. The monoisotopic (exact) mass is 404 g/mol. The first kappa shape index (κ1) is 22.8. The molecule has 0 radical (unpaired) electrons. The quantitative estimate of drug-likeness (QED) is 0.415. The van der Waals surface area contributed by atoms with Gasteiger partial charge in [-0.05, 0) is 64.2 Å². The second-order valence-electron chi connectivity index (χ2n) is 8.36. The fourth-order valence-corrected chi connectivity index (χ4v) is 3.32. The Morgan fingerprint density at radius 2 is 1.97 bits per heavy atom. The summed E-state index contributed by atoms with van der Waals surface area (Å²) in [4.78, 5) is 18.5. The Kier molecular flexibility index (Phi) is 8.61. The fraction of sp³-hybridized carbons (Fsp3) is 0.636. The number of alkyl carbamates (subject to hydrolysis) is 1. The average molecular weight is 405 g/mol. The van der Waals surface area contributed by atoms with E-state index in [1.807, 2.05) is 32.9 Å². The van der Waals surface area contributed by atoms with Gasteiger partial charge in [0.2, 0.25) is 0 Å². The molecule has 1 saturated heterocycles. The molecule has 1 aliphatic heterocycles. The van der Waals surface area contributed by atoms with E-state index in [2.05, 4.69) is 32.7 Å². The number of aryl methyl sites for hydroxylation is 1. The molecule has 1 heterocycles. The predicted molar refractivity (Wildman–Crippen MR) is 117 cm³/mol. The van der Waals surface area contributed by atoms with Crippen LogP contribution in [0.4, 0.5) is 4.79 Å². The summed E-state index contributed by atoms with van der Waals surface area (Å²) in [5, 5.41) is 6.39. The van der Waals surface area contributed by atoms with Crippen LogP contribution in [-0.4, -0.2) is 62.4 Å². The van der Waals surface area contributed by atoms with Crippen molar-refractivity contribution >= 4 is 12.1 Å². The summed E-state index contributed by atoms with van der Waals surface area (Å²) in [6.45, 7) is 8.09. The molecule has 2 rings (SSSR count). The first-order valence-electron chi connectivity index (χ1n) is 10.4. The highest BCUT2D eigenvalue weighted by Gasteiger charge is 2.27. The van der Waals surface area contributed by atoms with Gasteiger partial charge in [0.15, 0.2) is 5.96 Å². The molecule has 7 heteroatoms. The number of amides is 1. The maximum atomic E-state index is 12.0. The maximum absolute atomic E-state index is 12.0. The molecule has 1 fully saturated rings. The minimum atomic E-state index is -0.480. The van der Waals surface area contributed by atoms with Crippen LogP contribution in [0.5, 0.6) is 5.75 Å². The second-order valence-corrected chi connectivity index (χ2v) is 8.36. The Hall–Kier alpha value is -2.44. The average Bonchev–Trinajstić information content (AvgIpc) is 3.11. The van der Waals surface area contributed by atoms with Gasteiger partial charge in [-0.25, -0.2) is 4.79 Å². The van der Waals surface area contributed by atoms with E-state index in [9.17, 15) is 4.79 Å². The Balaban J connectivity index is 1.66. The van der Waals surface area contributed by atoms with E-state index in [1.165, 1.54) is 5.56 Å².